The van der Waals surface area contributed by atoms with Crippen LogP contribution in [0.1, 0.15) is 65.7 Å². The zero-order chi connectivity index (χ0) is 15.8. The van der Waals surface area contributed by atoms with Crippen LogP contribution in [0.3, 0.4) is 0 Å². The molecule has 4 bridgehead atoms. The van der Waals surface area contributed by atoms with E-state index in [4.69, 9.17) is 0 Å². The summed E-state index contributed by atoms with van der Waals surface area (Å²) in [6.45, 7) is 4.28. The van der Waals surface area contributed by atoms with Crippen molar-refractivity contribution in [1.82, 2.24) is 4.98 Å². The molecule has 0 amide bonds. The standard InChI is InChI=1S/C21H25NO/c1-12-3-4-13(2)19-18(12)17(11-23)20(22-19)21-8-14-5-15(9-21)7-16(6-14)10-21/h3-4,11,14-16,22H,5-10H2,1-2H3. The molecule has 1 heterocycles. The maximum Gasteiger partial charge on any atom is 0.152 e. The summed E-state index contributed by atoms with van der Waals surface area (Å²) < 4.78 is 0. The van der Waals surface area contributed by atoms with Crippen LogP contribution in [0, 0.1) is 31.6 Å². The van der Waals surface area contributed by atoms with E-state index in [1.54, 1.807) is 0 Å². The molecule has 23 heavy (non-hydrogen) atoms. The molecular weight excluding hydrogens is 282 g/mol. The number of benzene rings is 1. The van der Waals surface area contributed by atoms with Crippen molar-refractivity contribution in [3.63, 3.8) is 0 Å². The molecule has 0 saturated heterocycles. The average molecular weight is 307 g/mol. The smallest absolute Gasteiger partial charge is 0.152 e. The summed E-state index contributed by atoms with van der Waals surface area (Å²) in [7, 11) is 0. The van der Waals surface area contributed by atoms with Gasteiger partial charge in [-0.1, -0.05) is 12.1 Å². The number of H-pyrrole nitrogens is 1. The van der Waals surface area contributed by atoms with Crippen LogP contribution < -0.4 is 0 Å². The second-order valence-corrected chi connectivity index (χ2v) is 8.68. The van der Waals surface area contributed by atoms with Crippen molar-refractivity contribution in [1.29, 1.82) is 0 Å². The molecular formula is C21H25NO. The Morgan fingerprint density at radius 3 is 2.13 bits per heavy atom. The predicted molar refractivity (Wildman–Crippen MR) is 93.0 cm³/mol. The molecule has 0 radical (unpaired) electrons. The molecule has 4 saturated carbocycles. The Bertz CT molecular complexity index is 778. The summed E-state index contributed by atoms with van der Waals surface area (Å²) in [6.07, 6.45) is 9.33. The average Bonchev–Trinajstić information content (AvgIpc) is 2.91. The highest BCUT2D eigenvalue weighted by atomic mass is 16.1. The third kappa shape index (κ3) is 1.78. The Labute approximate surface area is 137 Å². The van der Waals surface area contributed by atoms with Crippen LogP contribution in [0.25, 0.3) is 10.9 Å². The van der Waals surface area contributed by atoms with E-state index in [9.17, 15) is 4.79 Å². The minimum absolute atomic E-state index is 0.253. The van der Waals surface area contributed by atoms with Gasteiger partial charge in [0.05, 0.1) is 0 Å². The molecule has 120 valence electrons. The number of fused-ring (bicyclic) bond motifs is 1. The highest BCUT2D eigenvalue weighted by Gasteiger charge is 2.53. The predicted octanol–water partition coefficient (Wildman–Crippen LogP) is 5.07. The van der Waals surface area contributed by atoms with Crippen LogP contribution in [0.2, 0.25) is 0 Å². The Kier molecular flexibility index (Phi) is 2.70. The van der Waals surface area contributed by atoms with Crippen LogP contribution >= 0.6 is 0 Å². The lowest BCUT2D eigenvalue weighted by molar-refractivity contribution is -0.00710. The van der Waals surface area contributed by atoms with Crippen LogP contribution in [-0.2, 0) is 5.41 Å². The van der Waals surface area contributed by atoms with Gasteiger partial charge >= 0.3 is 0 Å². The molecule has 4 fully saturated rings. The van der Waals surface area contributed by atoms with E-state index < -0.39 is 0 Å². The molecule has 0 aliphatic heterocycles. The Morgan fingerprint density at radius 2 is 1.57 bits per heavy atom. The van der Waals surface area contributed by atoms with Gasteiger partial charge in [0, 0.05) is 27.6 Å². The van der Waals surface area contributed by atoms with E-state index in [-0.39, 0.29) is 5.41 Å². The number of aldehydes is 1. The number of aromatic amines is 1. The van der Waals surface area contributed by atoms with Gasteiger partial charge in [0.25, 0.3) is 0 Å². The molecule has 0 atom stereocenters. The molecule has 2 nitrogen and oxygen atoms in total. The first-order chi connectivity index (χ1) is 11.1. The Balaban J connectivity index is 1.76. The van der Waals surface area contributed by atoms with Gasteiger partial charge in [-0.25, -0.2) is 0 Å². The molecule has 2 aromatic rings. The normalized spacial score (nSPS) is 35.1. The largest absolute Gasteiger partial charge is 0.357 e. The van der Waals surface area contributed by atoms with Crippen LogP contribution in [0.4, 0.5) is 0 Å². The fraction of sp³-hybridized carbons (Fsp3) is 0.571. The minimum Gasteiger partial charge on any atom is -0.357 e. The third-order valence-electron chi connectivity index (χ3n) is 7.10. The molecule has 1 aromatic carbocycles. The van der Waals surface area contributed by atoms with Gasteiger partial charge in [-0.2, -0.15) is 0 Å². The van der Waals surface area contributed by atoms with Crippen molar-refractivity contribution in [2.24, 2.45) is 17.8 Å². The lowest BCUT2D eigenvalue weighted by Crippen LogP contribution is -2.49. The van der Waals surface area contributed by atoms with Gasteiger partial charge in [-0.3, -0.25) is 4.79 Å². The van der Waals surface area contributed by atoms with E-state index in [0.717, 1.165) is 29.6 Å². The van der Waals surface area contributed by atoms with Gasteiger partial charge in [-0.05, 0) is 81.3 Å². The molecule has 1 aromatic heterocycles. The van der Waals surface area contributed by atoms with Crippen molar-refractivity contribution in [2.45, 2.75) is 57.8 Å². The first kappa shape index (κ1) is 13.8. The van der Waals surface area contributed by atoms with Gasteiger partial charge in [0.2, 0.25) is 0 Å². The lowest BCUT2D eigenvalue weighted by Gasteiger charge is -2.56. The van der Waals surface area contributed by atoms with Crippen molar-refractivity contribution in [3.8, 4) is 0 Å². The second kappa shape index (κ2) is 4.49. The first-order valence-corrected chi connectivity index (χ1v) is 9.17. The number of aromatic nitrogens is 1. The Morgan fingerprint density at radius 1 is 1.00 bits per heavy atom. The van der Waals surface area contributed by atoms with E-state index in [2.05, 4.69) is 31.0 Å². The summed E-state index contributed by atoms with van der Waals surface area (Å²) in [5, 5.41) is 1.17. The van der Waals surface area contributed by atoms with E-state index in [0.29, 0.717) is 0 Å². The van der Waals surface area contributed by atoms with Crippen molar-refractivity contribution in [2.75, 3.05) is 0 Å². The van der Waals surface area contributed by atoms with Crippen LogP contribution in [0.15, 0.2) is 12.1 Å². The van der Waals surface area contributed by atoms with Crippen LogP contribution in [-0.4, -0.2) is 11.3 Å². The number of carbonyl (C=O) groups is 1. The molecule has 4 aliphatic rings. The zero-order valence-electron chi connectivity index (χ0n) is 14.1. The number of hydrogen-bond acceptors (Lipinski definition) is 1. The van der Waals surface area contributed by atoms with Gasteiger partial charge in [0.1, 0.15) is 0 Å². The summed E-state index contributed by atoms with van der Waals surface area (Å²) in [5.41, 5.74) is 6.16. The van der Waals surface area contributed by atoms with E-state index >= 15 is 0 Å². The second-order valence-electron chi connectivity index (χ2n) is 8.68. The molecule has 0 unspecified atom stereocenters. The molecule has 0 spiro atoms. The highest BCUT2D eigenvalue weighted by molar-refractivity contribution is 6.02. The van der Waals surface area contributed by atoms with Gasteiger partial charge in [-0.15, -0.1) is 0 Å². The number of aryl methyl sites for hydroxylation is 2. The molecule has 2 heteroatoms. The number of carbonyl (C=O) groups excluding carboxylic acids is 1. The SMILES string of the molecule is Cc1ccc(C)c2c(C=O)c(C34CC5CC(CC(C5)C3)C4)[nH]c12. The van der Waals surface area contributed by atoms with Gasteiger partial charge < -0.3 is 4.98 Å². The van der Waals surface area contributed by atoms with Crippen molar-refractivity contribution < 1.29 is 4.79 Å². The van der Waals surface area contributed by atoms with Gasteiger partial charge in [0.15, 0.2) is 6.29 Å². The maximum atomic E-state index is 12.0. The fourth-order valence-electron chi connectivity index (χ4n) is 6.59. The molecule has 4 aliphatic carbocycles. The topological polar surface area (TPSA) is 32.9 Å². The van der Waals surface area contributed by atoms with E-state index in [1.807, 2.05) is 0 Å². The summed E-state index contributed by atoms with van der Waals surface area (Å²) in [6, 6.07) is 4.33. The third-order valence-corrected chi connectivity index (χ3v) is 7.10. The zero-order valence-corrected chi connectivity index (χ0v) is 14.1. The fourth-order valence-corrected chi connectivity index (χ4v) is 6.59. The van der Waals surface area contributed by atoms with Crippen molar-refractivity contribution in [3.05, 3.63) is 34.5 Å². The Hall–Kier alpha value is -1.57. The lowest BCUT2D eigenvalue weighted by atomic mass is 9.48. The number of rotatable bonds is 2. The summed E-state index contributed by atoms with van der Waals surface area (Å²) >= 11 is 0. The van der Waals surface area contributed by atoms with Crippen molar-refractivity contribution >= 4 is 17.2 Å². The molecule has 1 N–H and O–H groups in total. The quantitative estimate of drug-likeness (QED) is 0.772. The number of hydrogen-bond donors (Lipinski definition) is 1. The van der Waals surface area contributed by atoms with E-state index in [1.165, 1.54) is 66.2 Å². The first-order valence-electron chi connectivity index (χ1n) is 9.17. The maximum absolute atomic E-state index is 12.0. The van der Waals surface area contributed by atoms with Crippen LogP contribution in [0.5, 0.6) is 0 Å². The highest BCUT2D eigenvalue weighted by Crippen LogP contribution is 2.61. The molecule has 6 rings (SSSR count). The monoisotopic (exact) mass is 307 g/mol. The minimum atomic E-state index is 0.253. The summed E-state index contributed by atoms with van der Waals surface area (Å²) in [5.74, 6) is 2.69. The summed E-state index contributed by atoms with van der Waals surface area (Å²) in [4.78, 5) is 15.8. The number of nitrogens with one attached hydrogen (secondary N) is 1.